The Balaban J connectivity index is 2.13. The van der Waals surface area contributed by atoms with Crippen LogP contribution in [0.5, 0.6) is 0 Å². The van der Waals surface area contributed by atoms with Crippen LogP contribution in [0.2, 0.25) is 0 Å². The van der Waals surface area contributed by atoms with Gasteiger partial charge < -0.3 is 4.74 Å². The second-order valence-electron chi connectivity index (χ2n) is 4.54. The molecule has 2 fully saturated rings. The molecule has 0 amide bonds. The molecule has 2 rings (SSSR count). The molecule has 0 aromatic rings. The van der Waals surface area contributed by atoms with Crippen LogP contribution in [0.25, 0.3) is 0 Å². The highest BCUT2D eigenvalue weighted by atomic mass is 35.5. The molecule has 0 aromatic heterocycles. The Morgan fingerprint density at radius 2 is 2.31 bits per heavy atom. The summed E-state index contributed by atoms with van der Waals surface area (Å²) in [5.74, 6) is 0.388. The number of fused-ring (bicyclic) bond motifs is 2. The molecule has 0 saturated heterocycles. The zero-order valence-corrected chi connectivity index (χ0v) is 8.80. The van der Waals surface area contributed by atoms with Gasteiger partial charge in [0.15, 0.2) is 0 Å². The van der Waals surface area contributed by atoms with E-state index >= 15 is 0 Å². The highest BCUT2D eigenvalue weighted by Gasteiger charge is 2.57. The Morgan fingerprint density at radius 1 is 1.62 bits per heavy atom. The smallest absolute Gasteiger partial charge is 0.302 e. The van der Waals surface area contributed by atoms with Crippen LogP contribution in [0.4, 0.5) is 0 Å². The fraction of sp³-hybridized carbons (Fsp3) is 0.900. The van der Waals surface area contributed by atoms with E-state index < -0.39 is 0 Å². The summed E-state index contributed by atoms with van der Waals surface area (Å²) in [6.45, 7) is 3.61. The van der Waals surface area contributed by atoms with E-state index in [0.717, 1.165) is 12.8 Å². The van der Waals surface area contributed by atoms with Gasteiger partial charge in [-0.05, 0) is 25.2 Å². The van der Waals surface area contributed by atoms with Crippen LogP contribution in [-0.2, 0) is 9.53 Å². The Kier molecular flexibility index (Phi) is 2.06. The third-order valence-electron chi connectivity index (χ3n) is 3.66. The van der Waals surface area contributed by atoms with E-state index in [1.807, 2.05) is 0 Å². The molecule has 13 heavy (non-hydrogen) atoms. The first-order chi connectivity index (χ1) is 6.04. The largest absolute Gasteiger partial charge is 0.462 e. The molecule has 0 aromatic carbocycles. The molecule has 2 aliphatic carbocycles. The highest BCUT2D eigenvalue weighted by Crippen LogP contribution is 2.57. The number of alkyl halides is 1. The third kappa shape index (κ3) is 1.26. The molecule has 2 saturated carbocycles. The molecular weight excluding hydrogens is 188 g/mol. The van der Waals surface area contributed by atoms with Gasteiger partial charge in [-0.15, -0.1) is 11.6 Å². The fourth-order valence-corrected chi connectivity index (χ4v) is 3.30. The monoisotopic (exact) mass is 202 g/mol. The van der Waals surface area contributed by atoms with E-state index in [1.165, 1.54) is 13.3 Å². The van der Waals surface area contributed by atoms with Crippen molar-refractivity contribution in [1.29, 1.82) is 0 Å². The first kappa shape index (κ1) is 9.32. The van der Waals surface area contributed by atoms with Gasteiger partial charge in [-0.25, -0.2) is 0 Å². The molecule has 0 N–H and O–H groups in total. The maximum Gasteiger partial charge on any atom is 0.302 e. The molecule has 4 atom stereocenters. The number of ether oxygens (including phenoxy) is 1. The van der Waals surface area contributed by atoms with Crippen molar-refractivity contribution in [3.8, 4) is 0 Å². The summed E-state index contributed by atoms with van der Waals surface area (Å²) in [5.41, 5.74) is 0.0396. The van der Waals surface area contributed by atoms with Crippen molar-refractivity contribution in [2.45, 2.75) is 44.6 Å². The molecule has 3 heteroatoms. The molecule has 0 spiro atoms. The summed E-state index contributed by atoms with van der Waals surface area (Å²) >= 11 is 6.30. The van der Waals surface area contributed by atoms with Crippen molar-refractivity contribution < 1.29 is 9.53 Å². The number of rotatable bonds is 1. The van der Waals surface area contributed by atoms with Crippen LogP contribution in [0.1, 0.15) is 33.1 Å². The predicted octanol–water partition coefficient (Wildman–Crippen LogP) is 2.35. The molecule has 0 heterocycles. The van der Waals surface area contributed by atoms with Gasteiger partial charge in [-0.2, -0.15) is 0 Å². The van der Waals surface area contributed by atoms with E-state index in [0.29, 0.717) is 5.92 Å². The number of esters is 1. The van der Waals surface area contributed by atoms with Crippen molar-refractivity contribution in [1.82, 2.24) is 0 Å². The van der Waals surface area contributed by atoms with Gasteiger partial charge in [0.25, 0.3) is 0 Å². The molecule has 74 valence electrons. The molecule has 2 aliphatic rings. The van der Waals surface area contributed by atoms with Crippen molar-refractivity contribution in [2.75, 3.05) is 0 Å². The van der Waals surface area contributed by atoms with Crippen molar-refractivity contribution in [2.24, 2.45) is 11.3 Å². The highest BCUT2D eigenvalue weighted by molar-refractivity contribution is 6.21. The minimum absolute atomic E-state index is 0.0396. The molecule has 0 radical (unpaired) electrons. The van der Waals surface area contributed by atoms with Crippen LogP contribution in [-0.4, -0.2) is 17.5 Å². The number of hydrogen-bond acceptors (Lipinski definition) is 2. The van der Waals surface area contributed by atoms with E-state index in [4.69, 9.17) is 16.3 Å². The van der Waals surface area contributed by atoms with Crippen molar-refractivity contribution >= 4 is 17.6 Å². The van der Waals surface area contributed by atoms with E-state index in [-0.39, 0.29) is 22.9 Å². The first-order valence-corrected chi connectivity index (χ1v) is 5.29. The average molecular weight is 203 g/mol. The summed E-state index contributed by atoms with van der Waals surface area (Å²) in [5, 5.41) is 0.205. The Hall–Kier alpha value is -0.240. The minimum atomic E-state index is -0.178. The fourth-order valence-electron chi connectivity index (χ4n) is 2.82. The topological polar surface area (TPSA) is 26.3 Å². The van der Waals surface area contributed by atoms with Gasteiger partial charge in [0.2, 0.25) is 0 Å². The zero-order valence-electron chi connectivity index (χ0n) is 8.05. The molecule has 2 bridgehead atoms. The van der Waals surface area contributed by atoms with Crippen molar-refractivity contribution in [3.05, 3.63) is 0 Å². The predicted molar refractivity (Wildman–Crippen MR) is 50.6 cm³/mol. The normalized spacial score (nSPS) is 48.1. The van der Waals surface area contributed by atoms with Crippen LogP contribution < -0.4 is 0 Å². The summed E-state index contributed by atoms with van der Waals surface area (Å²) < 4.78 is 5.30. The summed E-state index contributed by atoms with van der Waals surface area (Å²) in [7, 11) is 0. The standard InChI is InChI=1S/C10H15ClO2/c1-6(12)13-8-5-7-3-4-10(8,2)9(7)11/h7-9H,3-5H2,1-2H3/t7-,8-,9?,10+/m1/s1. The first-order valence-electron chi connectivity index (χ1n) is 4.85. The van der Waals surface area contributed by atoms with Crippen LogP contribution >= 0.6 is 11.6 Å². The van der Waals surface area contributed by atoms with E-state index in [9.17, 15) is 4.79 Å². The van der Waals surface area contributed by atoms with Gasteiger partial charge in [-0.1, -0.05) is 6.92 Å². The van der Waals surface area contributed by atoms with Gasteiger partial charge in [0, 0.05) is 17.7 Å². The maximum absolute atomic E-state index is 10.9. The van der Waals surface area contributed by atoms with E-state index in [2.05, 4.69) is 6.92 Å². The molecule has 1 unspecified atom stereocenters. The third-order valence-corrected chi connectivity index (χ3v) is 4.51. The second kappa shape index (κ2) is 2.88. The Labute approximate surface area is 83.6 Å². The Morgan fingerprint density at radius 3 is 2.69 bits per heavy atom. The number of carbonyl (C=O) groups is 1. The summed E-state index contributed by atoms with van der Waals surface area (Å²) in [6.07, 6.45) is 3.32. The molecule has 0 aliphatic heterocycles. The van der Waals surface area contributed by atoms with Crippen LogP contribution in [0.3, 0.4) is 0 Å². The quantitative estimate of drug-likeness (QED) is 0.482. The zero-order chi connectivity index (χ0) is 9.64. The molecule has 2 nitrogen and oxygen atoms in total. The number of hydrogen-bond donors (Lipinski definition) is 0. The van der Waals surface area contributed by atoms with Crippen molar-refractivity contribution in [3.63, 3.8) is 0 Å². The van der Waals surface area contributed by atoms with Gasteiger partial charge in [0.1, 0.15) is 6.10 Å². The van der Waals surface area contributed by atoms with Crippen LogP contribution in [0, 0.1) is 11.3 Å². The van der Waals surface area contributed by atoms with Gasteiger partial charge in [0.05, 0.1) is 0 Å². The lowest BCUT2D eigenvalue weighted by Gasteiger charge is -2.31. The van der Waals surface area contributed by atoms with Gasteiger partial charge >= 0.3 is 5.97 Å². The summed E-state index contributed by atoms with van der Waals surface area (Å²) in [6, 6.07) is 0. The average Bonchev–Trinajstić information content (AvgIpc) is 2.41. The Bertz CT molecular complexity index is 241. The second-order valence-corrected chi connectivity index (χ2v) is 5.01. The lowest BCUT2D eigenvalue weighted by Crippen LogP contribution is -2.34. The minimum Gasteiger partial charge on any atom is -0.462 e. The summed E-state index contributed by atoms with van der Waals surface area (Å²) in [4.78, 5) is 10.9. The van der Waals surface area contributed by atoms with Crippen LogP contribution in [0.15, 0.2) is 0 Å². The SMILES string of the molecule is CC(=O)O[C@@H]1C[C@H]2CC[C@]1(C)C2Cl. The number of carbonyl (C=O) groups excluding carboxylic acids is 1. The van der Waals surface area contributed by atoms with E-state index in [1.54, 1.807) is 0 Å². The molecular formula is C10H15ClO2. The maximum atomic E-state index is 10.9. The van der Waals surface area contributed by atoms with Gasteiger partial charge in [-0.3, -0.25) is 4.79 Å². The number of halogens is 1. The lowest BCUT2D eigenvalue weighted by molar-refractivity contribution is -0.152. The lowest BCUT2D eigenvalue weighted by atomic mass is 9.83.